The van der Waals surface area contributed by atoms with E-state index in [4.69, 9.17) is 4.74 Å². The Morgan fingerprint density at radius 1 is 1.38 bits per heavy atom. The Kier molecular flexibility index (Phi) is 3.62. The average Bonchev–Trinajstić information content (AvgIpc) is 2.07. The monoisotopic (exact) mass is 228 g/mol. The van der Waals surface area contributed by atoms with Crippen molar-refractivity contribution < 1.29 is 18.3 Å². The van der Waals surface area contributed by atoms with Gasteiger partial charge in [-0.1, -0.05) is 0 Å². The summed E-state index contributed by atoms with van der Waals surface area (Å²) in [5.41, 5.74) is -0.801. The van der Waals surface area contributed by atoms with Crippen molar-refractivity contribution in [2.24, 2.45) is 0 Å². The van der Waals surface area contributed by atoms with E-state index in [0.717, 1.165) is 12.1 Å². The molecule has 0 aromatic heterocycles. The summed E-state index contributed by atoms with van der Waals surface area (Å²) < 4.78 is 31.2. The van der Waals surface area contributed by atoms with Crippen LogP contribution >= 0.6 is 0 Å². The summed E-state index contributed by atoms with van der Waals surface area (Å²) in [6.45, 7) is 4.79. The first-order valence-electron chi connectivity index (χ1n) is 4.94. The maximum absolute atomic E-state index is 13.3. The zero-order chi connectivity index (χ0) is 12.3. The third kappa shape index (κ3) is 3.61. The predicted molar refractivity (Wildman–Crippen MR) is 56.4 cm³/mol. The Morgan fingerprint density at radius 3 is 2.50 bits per heavy atom. The lowest BCUT2D eigenvalue weighted by Gasteiger charge is -2.25. The number of carbonyl (C=O) groups is 1. The second-order valence-electron chi connectivity index (χ2n) is 4.32. The molecule has 0 amide bonds. The molecule has 2 nitrogen and oxygen atoms in total. The predicted octanol–water partition coefficient (Wildman–Crippen LogP) is 3.10. The molecule has 0 spiro atoms. The van der Waals surface area contributed by atoms with Gasteiger partial charge in [0.1, 0.15) is 17.2 Å². The Balaban J connectivity index is 2.83. The number of halogens is 2. The number of carbonyl (C=O) groups excluding carboxylic acids is 1. The Labute approximate surface area is 93.2 Å². The highest BCUT2D eigenvalue weighted by atomic mass is 19.1. The highest BCUT2D eigenvalue weighted by molar-refractivity contribution is 5.76. The van der Waals surface area contributed by atoms with E-state index in [0.29, 0.717) is 0 Å². The summed E-state index contributed by atoms with van der Waals surface area (Å²) in [7, 11) is 0. The Morgan fingerprint density at radius 2 is 2.00 bits per heavy atom. The van der Waals surface area contributed by atoms with Crippen LogP contribution in [0, 0.1) is 11.6 Å². The summed E-state index contributed by atoms with van der Waals surface area (Å²) in [5.74, 6) is -1.52. The van der Waals surface area contributed by atoms with Crippen molar-refractivity contribution in [3.8, 4) is 5.75 Å². The van der Waals surface area contributed by atoms with Crippen LogP contribution in [0.4, 0.5) is 8.78 Å². The molecule has 1 rings (SSSR count). The highest BCUT2D eigenvalue weighted by Gasteiger charge is 2.23. The molecule has 1 aromatic carbocycles. The Bertz CT molecular complexity index is 400. The van der Waals surface area contributed by atoms with Gasteiger partial charge >= 0.3 is 0 Å². The lowest BCUT2D eigenvalue weighted by atomic mass is 10.0. The standard InChI is InChI=1S/C12H14F2O2/c1-8(15)7-12(2,3)16-11-5-4-9(13)6-10(11)14/h4-6H,7H2,1-3H3. The second kappa shape index (κ2) is 4.60. The average molecular weight is 228 g/mol. The number of ketones is 1. The normalized spacial score (nSPS) is 11.3. The van der Waals surface area contributed by atoms with Gasteiger partial charge in [0.2, 0.25) is 0 Å². The van der Waals surface area contributed by atoms with Crippen LogP contribution in [0.2, 0.25) is 0 Å². The number of rotatable bonds is 4. The molecule has 0 aliphatic carbocycles. The summed E-state index contributed by atoms with van der Waals surface area (Å²) in [6.07, 6.45) is 0.170. The summed E-state index contributed by atoms with van der Waals surface area (Å²) in [6, 6.07) is 3.08. The van der Waals surface area contributed by atoms with Crippen molar-refractivity contribution >= 4 is 5.78 Å². The molecule has 0 atom stereocenters. The quantitative estimate of drug-likeness (QED) is 0.791. The van der Waals surface area contributed by atoms with Crippen LogP contribution < -0.4 is 4.74 Å². The lowest BCUT2D eigenvalue weighted by Crippen LogP contribution is -2.31. The van der Waals surface area contributed by atoms with Crippen molar-refractivity contribution in [3.05, 3.63) is 29.8 Å². The maximum atomic E-state index is 13.3. The van der Waals surface area contributed by atoms with Gasteiger partial charge in [0.15, 0.2) is 11.6 Å². The molecular weight excluding hydrogens is 214 g/mol. The molecule has 0 N–H and O–H groups in total. The molecule has 0 bridgehead atoms. The largest absolute Gasteiger partial charge is 0.484 e. The minimum absolute atomic E-state index is 0.0485. The van der Waals surface area contributed by atoms with Crippen molar-refractivity contribution in [2.75, 3.05) is 0 Å². The molecule has 16 heavy (non-hydrogen) atoms. The maximum Gasteiger partial charge on any atom is 0.168 e. The zero-order valence-corrected chi connectivity index (χ0v) is 9.51. The summed E-state index contributed by atoms with van der Waals surface area (Å²) in [4.78, 5) is 11.0. The third-order valence-electron chi connectivity index (χ3n) is 1.95. The van der Waals surface area contributed by atoms with Crippen molar-refractivity contribution in [1.82, 2.24) is 0 Å². The molecule has 0 aliphatic rings. The fourth-order valence-electron chi connectivity index (χ4n) is 1.49. The number of hydrogen-bond acceptors (Lipinski definition) is 2. The molecule has 0 heterocycles. The minimum Gasteiger partial charge on any atom is -0.484 e. The van der Waals surface area contributed by atoms with Gasteiger partial charge in [-0.25, -0.2) is 8.78 Å². The van der Waals surface area contributed by atoms with Gasteiger partial charge in [-0.15, -0.1) is 0 Å². The van der Waals surface area contributed by atoms with Gasteiger partial charge in [0.25, 0.3) is 0 Å². The first-order valence-corrected chi connectivity index (χ1v) is 4.94. The molecule has 0 fully saturated rings. The van der Waals surface area contributed by atoms with Crippen LogP contribution in [0.25, 0.3) is 0 Å². The summed E-state index contributed by atoms with van der Waals surface area (Å²) >= 11 is 0. The molecule has 0 saturated carbocycles. The molecule has 0 radical (unpaired) electrons. The molecule has 1 aromatic rings. The van der Waals surface area contributed by atoms with Crippen molar-refractivity contribution in [2.45, 2.75) is 32.8 Å². The number of benzene rings is 1. The van der Waals surface area contributed by atoms with Gasteiger partial charge in [-0.05, 0) is 32.9 Å². The van der Waals surface area contributed by atoms with E-state index in [1.54, 1.807) is 13.8 Å². The van der Waals surface area contributed by atoms with Crippen LogP contribution in [0.15, 0.2) is 18.2 Å². The zero-order valence-electron chi connectivity index (χ0n) is 9.51. The van der Waals surface area contributed by atoms with E-state index in [-0.39, 0.29) is 18.0 Å². The van der Waals surface area contributed by atoms with Gasteiger partial charge in [0, 0.05) is 12.5 Å². The van der Waals surface area contributed by atoms with E-state index >= 15 is 0 Å². The van der Waals surface area contributed by atoms with Crippen molar-refractivity contribution in [1.29, 1.82) is 0 Å². The van der Waals surface area contributed by atoms with Crippen LogP contribution in [0.5, 0.6) is 5.75 Å². The van der Waals surface area contributed by atoms with E-state index in [9.17, 15) is 13.6 Å². The second-order valence-corrected chi connectivity index (χ2v) is 4.32. The fourth-order valence-corrected chi connectivity index (χ4v) is 1.49. The number of Topliss-reactive ketones (excluding diaryl/α,β-unsaturated/α-hetero) is 1. The minimum atomic E-state index is -0.801. The highest BCUT2D eigenvalue weighted by Crippen LogP contribution is 2.24. The van der Waals surface area contributed by atoms with Gasteiger partial charge in [-0.2, -0.15) is 0 Å². The van der Waals surface area contributed by atoms with Gasteiger partial charge in [-0.3, -0.25) is 4.79 Å². The van der Waals surface area contributed by atoms with Crippen LogP contribution in [-0.4, -0.2) is 11.4 Å². The molecular formula is C12H14F2O2. The van der Waals surface area contributed by atoms with E-state index in [2.05, 4.69) is 0 Å². The molecule has 0 saturated heterocycles. The molecule has 0 aliphatic heterocycles. The smallest absolute Gasteiger partial charge is 0.168 e. The molecule has 0 unspecified atom stereocenters. The van der Waals surface area contributed by atoms with E-state index in [1.807, 2.05) is 0 Å². The summed E-state index contributed by atoms with van der Waals surface area (Å²) in [5, 5.41) is 0. The lowest BCUT2D eigenvalue weighted by molar-refractivity contribution is -0.120. The molecule has 88 valence electrons. The van der Waals surface area contributed by atoms with Gasteiger partial charge < -0.3 is 4.74 Å². The van der Waals surface area contributed by atoms with Crippen LogP contribution in [0.3, 0.4) is 0 Å². The Hall–Kier alpha value is -1.45. The number of ether oxygens (including phenoxy) is 1. The van der Waals surface area contributed by atoms with E-state index < -0.39 is 17.2 Å². The van der Waals surface area contributed by atoms with Crippen molar-refractivity contribution in [3.63, 3.8) is 0 Å². The molecule has 4 heteroatoms. The van der Waals surface area contributed by atoms with Crippen LogP contribution in [-0.2, 0) is 4.79 Å². The number of hydrogen-bond donors (Lipinski definition) is 0. The van der Waals surface area contributed by atoms with Gasteiger partial charge in [0.05, 0.1) is 0 Å². The topological polar surface area (TPSA) is 26.3 Å². The van der Waals surface area contributed by atoms with E-state index in [1.165, 1.54) is 13.0 Å². The first-order chi connectivity index (χ1) is 7.30. The SMILES string of the molecule is CC(=O)CC(C)(C)Oc1ccc(F)cc1F. The van der Waals surface area contributed by atoms with Crippen LogP contribution in [0.1, 0.15) is 27.2 Å². The first kappa shape index (κ1) is 12.6. The fraction of sp³-hybridized carbons (Fsp3) is 0.417. The third-order valence-corrected chi connectivity index (χ3v) is 1.95.